The van der Waals surface area contributed by atoms with E-state index in [9.17, 15) is 9.59 Å². The topological polar surface area (TPSA) is 67.9 Å². The highest BCUT2D eigenvalue weighted by atomic mass is 32.2. The average molecular weight is 429 g/mol. The number of rotatable bonds is 7. The van der Waals surface area contributed by atoms with Gasteiger partial charge in [-0.2, -0.15) is 0 Å². The Morgan fingerprint density at radius 3 is 2.55 bits per heavy atom. The molecule has 29 heavy (non-hydrogen) atoms. The molecule has 2 amide bonds. The van der Waals surface area contributed by atoms with E-state index in [0.717, 1.165) is 5.56 Å². The number of thioether (sulfide) groups is 1. The molecule has 1 heterocycles. The first-order valence-electron chi connectivity index (χ1n) is 8.84. The molecule has 0 aliphatic carbocycles. The molecule has 0 aromatic heterocycles. The van der Waals surface area contributed by atoms with Crippen molar-refractivity contribution in [3.63, 3.8) is 0 Å². The summed E-state index contributed by atoms with van der Waals surface area (Å²) in [6, 6.07) is 14.5. The molecule has 6 nitrogen and oxygen atoms in total. The Morgan fingerprint density at radius 2 is 1.86 bits per heavy atom. The van der Waals surface area contributed by atoms with Crippen LogP contribution in [0.2, 0.25) is 0 Å². The fourth-order valence-corrected chi connectivity index (χ4v) is 4.03. The maximum Gasteiger partial charge on any atom is 0.266 e. The number of hydrogen-bond donors (Lipinski definition) is 1. The van der Waals surface area contributed by atoms with Crippen LogP contribution >= 0.6 is 24.0 Å². The molecule has 1 fully saturated rings. The van der Waals surface area contributed by atoms with Gasteiger partial charge in [-0.05, 0) is 36.4 Å². The van der Waals surface area contributed by atoms with Crippen LogP contribution in [0.1, 0.15) is 12.0 Å². The van der Waals surface area contributed by atoms with Crippen LogP contribution in [0.5, 0.6) is 11.5 Å². The lowest BCUT2D eigenvalue weighted by molar-refractivity contribution is -0.122. The first-order chi connectivity index (χ1) is 14.0. The third-order valence-corrected chi connectivity index (χ3v) is 5.61. The second-order valence-corrected chi connectivity index (χ2v) is 7.78. The van der Waals surface area contributed by atoms with Gasteiger partial charge in [0.2, 0.25) is 5.91 Å². The lowest BCUT2D eigenvalue weighted by Crippen LogP contribution is -2.31. The zero-order chi connectivity index (χ0) is 20.8. The molecule has 1 saturated heterocycles. The molecular formula is C21H20N2O4S2. The van der Waals surface area contributed by atoms with Gasteiger partial charge in [0.05, 0.1) is 19.1 Å². The third kappa shape index (κ3) is 5.16. The van der Waals surface area contributed by atoms with Gasteiger partial charge in [-0.25, -0.2) is 0 Å². The zero-order valence-corrected chi connectivity index (χ0v) is 17.6. The molecule has 0 atom stereocenters. The predicted molar refractivity (Wildman–Crippen MR) is 119 cm³/mol. The minimum absolute atomic E-state index is 0.139. The molecule has 1 aliphatic rings. The smallest absolute Gasteiger partial charge is 0.266 e. The second-order valence-electron chi connectivity index (χ2n) is 6.10. The minimum Gasteiger partial charge on any atom is -0.497 e. The van der Waals surface area contributed by atoms with E-state index in [4.69, 9.17) is 21.7 Å². The summed E-state index contributed by atoms with van der Waals surface area (Å²) in [6.45, 7) is 0.218. The van der Waals surface area contributed by atoms with Crippen LogP contribution in [0.15, 0.2) is 53.4 Å². The Morgan fingerprint density at radius 1 is 1.14 bits per heavy atom. The molecule has 0 bridgehead atoms. The van der Waals surface area contributed by atoms with Crippen molar-refractivity contribution in [2.75, 3.05) is 26.1 Å². The van der Waals surface area contributed by atoms with Crippen LogP contribution in [-0.4, -0.2) is 41.8 Å². The van der Waals surface area contributed by atoms with Crippen molar-refractivity contribution in [2.45, 2.75) is 6.42 Å². The Kier molecular flexibility index (Phi) is 6.90. The number of carbonyl (C=O) groups excluding carboxylic acids is 2. The molecule has 0 spiro atoms. The van der Waals surface area contributed by atoms with Crippen LogP contribution in [0, 0.1) is 0 Å². The lowest BCUT2D eigenvalue weighted by Gasteiger charge is -2.14. The van der Waals surface area contributed by atoms with Crippen LogP contribution in [-0.2, 0) is 9.59 Å². The summed E-state index contributed by atoms with van der Waals surface area (Å²) in [5.74, 6) is 0.986. The number of anilines is 1. The van der Waals surface area contributed by atoms with Crippen LogP contribution < -0.4 is 14.8 Å². The Labute approximate surface area is 178 Å². The highest BCUT2D eigenvalue weighted by Gasteiger charge is 2.32. The highest BCUT2D eigenvalue weighted by Crippen LogP contribution is 2.34. The highest BCUT2D eigenvalue weighted by molar-refractivity contribution is 8.26. The number of nitrogens with one attached hydrogen (secondary N) is 1. The number of hydrogen-bond acceptors (Lipinski definition) is 6. The van der Waals surface area contributed by atoms with E-state index in [0.29, 0.717) is 26.4 Å². The van der Waals surface area contributed by atoms with E-state index in [1.807, 2.05) is 24.3 Å². The minimum atomic E-state index is -0.205. The van der Waals surface area contributed by atoms with Crippen molar-refractivity contribution in [3.05, 3.63) is 59.0 Å². The van der Waals surface area contributed by atoms with Crippen LogP contribution in [0.4, 0.5) is 5.69 Å². The molecule has 3 rings (SSSR count). The van der Waals surface area contributed by atoms with Gasteiger partial charge in [-0.1, -0.05) is 42.2 Å². The summed E-state index contributed by atoms with van der Waals surface area (Å²) in [7, 11) is 3.16. The largest absolute Gasteiger partial charge is 0.497 e. The third-order valence-electron chi connectivity index (χ3n) is 4.24. The number of thiocarbonyl (C=S) groups is 1. The van der Waals surface area contributed by atoms with E-state index < -0.39 is 0 Å². The Balaban J connectivity index is 1.61. The van der Waals surface area contributed by atoms with Gasteiger partial charge in [-0.3, -0.25) is 14.5 Å². The summed E-state index contributed by atoms with van der Waals surface area (Å²) < 4.78 is 10.9. The number of para-hydroxylation sites is 1. The van der Waals surface area contributed by atoms with Gasteiger partial charge in [0.25, 0.3) is 5.91 Å². The predicted octanol–water partition coefficient (Wildman–Crippen LogP) is 3.93. The number of methoxy groups -OCH3 is 2. The normalized spacial score (nSPS) is 15.0. The number of benzene rings is 2. The fraction of sp³-hybridized carbons (Fsp3) is 0.190. The van der Waals surface area contributed by atoms with E-state index in [1.54, 1.807) is 44.6 Å². The summed E-state index contributed by atoms with van der Waals surface area (Å²) in [5.41, 5.74) is 1.46. The molecule has 0 saturated carbocycles. The number of nitrogens with zero attached hydrogens (tertiary/aromatic N) is 1. The lowest BCUT2D eigenvalue weighted by atomic mass is 10.2. The van der Waals surface area contributed by atoms with Gasteiger partial charge in [0, 0.05) is 24.2 Å². The molecule has 2 aromatic rings. The zero-order valence-electron chi connectivity index (χ0n) is 16.0. The van der Waals surface area contributed by atoms with Crippen LogP contribution in [0.25, 0.3) is 6.08 Å². The van der Waals surface area contributed by atoms with Gasteiger partial charge in [0.15, 0.2) is 0 Å². The first-order valence-corrected chi connectivity index (χ1v) is 10.1. The maximum absolute atomic E-state index is 12.7. The Hall–Kier alpha value is -2.84. The summed E-state index contributed by atoms with van der Waals surface area (Å²) >= 11 is 6.56. The van der Waals surface area contributed by atoms with Crippen LogP contribution in [0.3, 0.4) is 0 Å². The van der Waals surface area contributed by atoms with Crippen molar-refractivity contribution in [3.8, 4) is 11.5 Å². The number of ether oxygens (including phenoxy) is 2. The van der Waals surface area contributed by atoms with Gasteiger partial charge in [-0.15, -0.1) is 0 Å². The van der Waals surface area contributed by atoms with E-state index in [2.05, 4.69) is 5.32 Å². The fourth-order valence-electron chi connectivity index (χ4n) is 2.73. The number of carbonyl (C=O) groups is 2. The molecule has 1 N–H and O–H groups in total. The summed E-state index contributed by atoms with van der Waals surface area (Å²) in [5, 5.41) is 2.80. The van der Waals surface area contributed by atoms with Gasteiger partial charge >= 0.3 is 0 Å². The molecule has 150 valence electrons. The molecule has 1 aliphatic heterocycles. The summed E-state index contributed by atoms with van der Waals surface area (Å²) in [4.78, 5) is 26.9. The van der Waals surface area contributed by atoms with Gasteiger partial charge in [0.1, 0.15) is 15.8 Å². The SMILES string of the molecule is COc1ccc(NC(=O)CCN2C(=O)C(=Cc3ccccc3OC)SC2=S)cc1. The molecule has 0 radical (unpaired) electrons. The van der Waals surface area contributed by atoms with Crippen molar-refractivity contribution in [2.24, 2.45) is 0 Å². The molecule has 8 heteroatoms. The van der Waals surface area contributed by atoms with Crippen molar-refractivity contribution in [1.82, 2.24) is 4.90 Å². The Bertz CT molecular complexity index is 957. The first kappa shape index (κ1) is 20.9. The van der Waals surface area contributed by atoms with E-state index in [-0.39, 0.29) is 24.8 Å². The average Bonchev–Trinajstić information content (AvgIpc) is 3.00. The van der Waals surface area contributed by atoms with Crippen molar-refractivity contribution < 1.29 is 19.1 Å². The van der Waals surface area contributed by atoms with E-state index >= 15 is 0 Å². The van der Waals surface area contributed by atoms with Crippen molar-refractivity contribution >= 4 is 51.9 Å². The summed E-state index contributed by atoms with van der Waals surface area (Å²) in [6.07, 6.45) is 1.90. The number of amides is 2. The monoisotopic (exact) mass is 428 g/mol. The quantitative estimate of drug-likeness (QED) is 0.532. The standard InChI is InChI=1S/C21H20N2O4S2/c1-26-16-9-7-15(8-10-16)22-19(24)11-12-23-20(25)18(29-21(23)28)13-14-5-3-4-6-17(14)27-2/h3-10,13H,11-12H2,1-2H3,(H,22,24). The van der Waals surface area contributed by atoms with E-state index in [1.165, 1.54) is 16.7 Å². The molecular weight excluding hydrogens is 408 g/mol. The van der Waals surface area contributed by atoms with Gasteiger partial charge < -0.3 is 14.8 Å². The second kappa shape index (κ2) is 9.58. The molecule has 0 unspecified atom stereocenters. The molecule has 2 aromatic carbocycles. The van der Waals surface area contributed by atoms with Crippen molar-refractivity contribution in [1.29, 1.82) is 0 Å². The maximum atomic E-state index is 12.7.